The van der Waals surface area contributed by atoms with Gasteiger partial charge in [0.05, 0.1) is 11.3 Å². The Morgan fingerprint density at radius 1 is 1.58 bits per heavy atom. The first-order valence-electron chi connectivity index (χ1n) is 5.48. The van der Waals surface area contributed by atoms with Crippen LogP contribution >= 0.6 is 11.3 Å². The van der Waals surface area contributed by atoms with Crippen molar-refractivity contribution in [3.8, 4) is 5.75 Å². The minimum Gasteiger partial charge on any atom is -0.507 e. The van der Waals surface area contributed by atoms with Gasteiger partial charge in [0.1, 0.15) is 11.6 Å². The van der Waals surface area contributed by atoms with Crippen LogP contribution in [0.25, 0.3) is 0 Å². The molecule has 0 saturated carbocycles. The van der Waals surface area contributed by atoms with E-state index in [0.29, 0.717) is 10.8 Å². The Labute approximate surface area is 112 Å². The van der Waals surface area contributed by atoms with Crippen molar-refractivity contribution >= 4 is 22.4 Å². The van der Waals surface area contributed by atoms with Gasteiger partial charge in [-0.05, 0) is 19.1 Å². The van der Waals surface area contributed by atoms with E-state index in [1.54, 1.807) is 12.3 Å². The van der Waals surface area contributed by atoms with Crippen LogP contribution in [0.3, 0.4) is 0 Å². The van der Waals surface area contributed by atoms with Crippen molar-refractivity contribution in [2.24, 2.45) is 5.73 Å². The summed E-state index contributed by atoms with van der Waals surface area (Å²) in [6.07, 6.45) is 0. The summed E-state index contributed by atoms with van der Waals surface area (Å²) in [5.74, 6) is -1.58. The van der Waals surface area contributed by atoms with Gasteiger partial charge in [0.15, 0.2) is 5.13 Å². The second-order valence-corrected chi connectivity index (χ2v) is 4.84. The molecule has 2 aromatic rings. The van der Waals surface area contributed by atoms with Crippen molar-refractivity contribution in [3.05, 3.63) is 40.7 Å². The second-order valence-electron chi connectivity index (χ2n) is 3.98. The van der Waals surface area contributed by atoms with Crippen LogP contribution in [0.2, 0.25) is 0 Å². The molecule has 1 aromatic heterocycles. The Balaban J connectivity index is 2.16. The van der Waals surface area contributed by atoms with Gasteiger partial charge in [-0.15, -0.1) is 11.3 Å². The lowest BCUT2D eigenvalue weighted by Crippen LogP contribution is -2.12. The molecule has 1 atom stereocenters. The minimum absolute atomic E-state index is 0.0149. The van der Waals surface area contributed by atoms with E-state index in [0.717, 1.165) is 12.1 Å². The number of carbonyl (C=O) groups excluding carboxylic acids is 1. The van der Waals surface area contributed by atoms with Gasteiger partial charge in [0.2, 0.25) is 0 Å². The average Bonchev–Trinajstić information content (AvgIpc) is 2.77. The lowest BCUT2D eigenvalue weighted by atomic mass is 10.2. The predicted molar refractivity (Wildman–Crippen MR) is 70.7 cm³/mol. The third-order valence-corrected chi connectivity index (χ3v) is 3.19. The van der Waals surface area contributed by atoms with Crippen molar-refractivity contribution in [1.82, 2.24) is 4.98 Å². The van der Waals surface area contributed by atoms with E-state index in [4.69, 9.17) is 5.73 Å². The standard InChI is InChI=1S/C12H12FN3O2S/c1-6(14)9-5-19-12(15-9)16-11(18)8-3-2-7(13)4-10(8)17/h2-6,17H,14H2,1H3,(H,15,16,18). The summed E-state index contributed by atoms with van der Waals surface area (Å²) in [6.45, 7) is 1.78. The van der Waals surface area contributed by atoms with E-state index in [1.165, 1.54) is 17.4 Å². The molecule has 0 aliphatic heterocycles. The van der Waals surface area contributed by atoms with Gasteiger partial charge in [-0.1, -0.05) is 0 Å². The molecule has 4 N–H and O–H groups in total. The summed E-state index contributed by atoms with van der Waals surface area (Å²) in [4.78, 5) is 16.0. The third kappa shape index (κ3) is 3.07. The number of hydrogen-bond donors (Lipinski definition) is 3. The van der Waals surface area contributed by atoms with E-state index in [1.807, 2.05) is 0 Å². The van der Waals surface area contributed by atoms with E-state index < -0.39 is 17.5 Å². The second kappa shape index (κ2) is 5.33. The number of phenols is 1. The van der Waals surface area contributed by atoms with Crippen molar-refractivity contribution in [3.63, 3.8) is 0 Å². The Bertz CT molecular complexity index is 613. The number of nitrogens with zero attached hydrogens (tertiary/aromatic N) is 1. The molecule has 100 valence electrons. The summed E-state index contributed by atoms with van der Waals surface area (Å²) < 4.78 is 12.8. The molecule has 7 heteroatoms. The van der Waals surface area contributed by atoms with Gasteiger partial charge in [0, 0.05) is 17.5 Å². The van der Waals surface area contributed by atoms with Gasteiger partial charge < -0.3 is 10.8 Å². The smallest absolute Gasteiger partial charge is 0.261 e. The molecule has 1 aromatic carbocycles. The van der Waals surface area contributed by atoms with E-state index in [2.05, 4.69) is 10.3 Å². The number of aromatic nitrogens is 1. The molecule has 1 amide bonds. The highest BCUT2D eigenvalue weighted by molar-refractivity contribution is 7.14. The molecule has 0 saturated heterocycles. The van der Waals surface area contributed by atoms with E-state index in [9.17, 15) is 14.3 Å². The quantitative estimate of drug-likeness (QED) is 0.805. The zero-order chi connectivity index (χ0) is 14.0. The van der Waals surface area contributed by atoms with Crippen molar-refractivity contribution in [2.45, 2.75) is 13.0 Å². The number of anilines is 1. The summed E-state index contributed by atoms with van der Waals surface area (Å²) in [5.41, 5.74) is 6.31. The van der Waals surface area contributed by atoms with Gasteiger partial charge in [-0.3, -0.25) is 10.1 Å². The summed E-state index contributed by atoms with van der Waals surface area (Å²) in [5, 5.41) is 14.1. The average molecular weight is 281 g/mol. The maximum atomic E-state index is 12.8. The number of benzene rings is 1. The van der Waals surface area contributed by atoms with Gasteiger partial charge in [0.25, 0.3) is 5.91 Å². The van der Waals surface area contributed by atoms with Gasteiger partial charge in [-0.2, -0.15) is 0 Å². The number of thiazole rings is 1. The summed E-state index contributed by atoms with van der Waals surface area (Å²) in [7, 11) is 0. The van der Waals surface area contributed by atoms with Crippen LogP contribution in [-0.4, -0.2) is 16.0 Å². The Morgan fingerprint density at radius 2 is 2.32 bits per heavy atom. The first-order valence-corrected chi connectivity index (χ1v) is 6.36. The van der Waals surface area contributed by atoms with E-state index in [-0.39, 0.29) is 11.6 Å². The molecule has 1 unspecified atom stereocenters. The third-order valence-electron chi connectivity index (χ3n) is 2.41. The zero-order valence-corrected chi connectivity index (χ0v) is 10.9. The zero-order valence-electron chi connectivity index (χ0n) is 10.1. The normalized spacial score (nSPS) is 12.2. The molecule has 0 radical (unpaired) electrons. The highest BCUT2D eigenvalue weighted by Crippen LogP contribution is 2.22. The number of nitrogens with two attached hydrogens (primary N) is 1. The summed E-state index contributed by atoms with van der Waals surface area (Å²) in [6, 6.07) is 2.97. The topological polar surface area (TPSA) is 88.2 Å². The number of aromatic hydroxyl groups is 1. The monoisotopic (exact) mass is 281 g/mol. The number of nitrogens with one attached hydrogen (secondary N) is 1. The van der Waals surface area contributed by atoms with Crippen molar-refractivity contribution < 1.29 is 14.3 Å². The Morgan fingerprint density at radius 3 is 2.89 bits per heavy atom. The fraction of sp³-hybridized carbons (Fsp3) is 0.167. The molecule has 0 aliphatic rings. The molecule has 2 rings (SSSR count). The number of hydrogen-bond acceptors (Lipinski definition) is 5. The minimum atomic E-state index is -0.609. The van der Waals surface area contributed by atoms with Gasteiger partial charge in [-0.25, -0.2) is 9.37 Å². The number of carbonyl (C=O) groups is 1. The number of halogens is 1. The maximum absolute atomic E-state index is 12.8. The number of rotatable bonds is 3. The molecular weight excluding hydrogens is 269 g/mol. The highest BCUT2D eigenvalue weighted by Gasteiger charge is 2.14. The lowest BCUT2D eigenvalue weighted by Gasteiger charge is -2.04. The van der Waals surface area contributed by atoms with Crippen LogP contribution in [0.4, 0.5) is 9.52 Å². The molecule has 1 heterocycles. The molecule has 19 heavy (non-hydrogen) atoms. The van der Waals surface area contributed by atoms with Crippen LogP contribution in [0.5, 0.6) is 5.75 Å². The highest BCUT2D eigenvalue weighted by atomic mass is 32.1. The number of amides is 1. The first-order chi connectivity index (χ1) is 8.97. The molecule has 5 nitrogen and oxygen atoms in total. The van der Waals surface area contributed by atoms with Gasteiger partial charge >= 0.3 is 0 Å². The maximum Gasteiger partial charge on any atom is 0.261 e. The van der Waals surface area contributed by atoms with Crippen molar-refractivity contribution in [1.29, 1.82) is 0 Å². The van der Waals surface area contributed by atoms with Crippen LogP contribution in [0.15, 0.2) is 23.6 Å². The first kappa shape index (κ1) is 13.4. The number of phenolic OH excluding ortho intramolecular Hbond substituents is 1. The van der Waals surface area contributed by atoms with Crippen LogP contribution in [-0.2, 0) is 0 Å². The Kier molecular flexibility index (Phi) is 3.77. The SMILES string of the molecule is CC(N)c1csc(NC(=O)c2ccc(F)cc2O)n1. The van der Waals surface area contributed by atoms with Crippen LogP contribution in [0.1, 0.15) is 29.0 Å². The fourth-order valence-corrected chi connectivity index (χ4v) is 2.22. The molecule has 0 spiro atoms. The largest absolute Gasteiger partial charge is 0.507 e. The molecule has 0 bridgehead atoms. The van der Waals surface area contributed by atoms with Crippen LogP contribution in [0, 0.1) is 5.82 Å². The molecular formula is C12H12FN3O2S. The lowest BCUT2D eigenvalue weighted by molar-refractivity contribution is 0.102. The molecule has 0 fully saturated rings. The predicted octanol–water partition coefficient (Wildman–Crippen LogP) is 2.26. The van der Waals surface area contributed by atoms with E-state index >= 15 is 0 Å². The summed E-state index contributed by atoms with van der Waals surface area (Å²) >= 11 is 1.23. The van der Waals surface area contributed by atoms with Crippen LogP contribution < -0.4 is 11.1 Å². The fourth-order valence-electron chi connectivity index (χ4n) is 1.41. The Hall–Kier alpha value is -1.99. The molecule has 0 aliphatic carbocycles. The van der Waals surface area contributed by atoms with Crippen molar-refractivity contribution in [2.75, 3.05) is 5.32 Å².